The molecule has 2 N–H and O–H groups in total. The number of carbonyl (C=O) groups excluding carboxylic acids is 1. The summed E-state index contributed by atoms with van der Waals surface area (Å²) in [6.07, 6.45) is 0. The van der Waals surface area contributed by atoms with Crippen LogP contribution in [0.1, 0.15) is 13.8 Å². The topological polar surface area (TPSA) is 88.1 Å². The summed E-state index contributed by atoms with van der Waals surface area (Å²) in [5.41, 5.74) is -1.06. The molecule has 2 saturated heterocycles. The SMILES string of the molecule is CC1COCCN1C(=O)NC1COCC1(C)C(=O)O. The fourth-order valence-electron chi connectivity index (χ4n) is 2.35. The number of hydrogen-bond donors (Lipinski definition) is 2. The summed E-state index contributed by atoms with van der Waals surface area (Å²) >= 11 is 0. The number of carboxylic acid groups (broad SMARTS) is 1. The van der Waals surface area contributed by atoms with Crippen LogP contribution in [0.4, 0.5) is 4.79 Å². The monoisotopic (exact) mass is 272 g/mol. The highest BCUT2D eigenvalue weighted by atomic mass is 16.5. The van der Waals surface area contributed by atoms with Gasteiger partial charge in [0.05, 0.1) is 38.5 Å². The minimum atomic E-state index is -1.06. The van der Waals surface area contributed by atoms with E-state index < -0.39 is 17.4 Å². The molecule has 0 aromatic carbocycles. The van der Waals surface area contributed by atoms with Gasteiger partial charge < -0.3 is 24.8 Å². The maximum absolute atomic E-state index is 12.2. The second-order valence-corrected chi connectivity index (χ2v) is 5.36. The maximum Gasteiger partial charge on any atom is 0.318 e. The highest BCUT2D eigenvalue weighted by Gasteiger charge is 2.47. The van der Waals surface area contributed by atoms with Crippen LogP contribution in [0.15, 0.2) is 0 Å². The molecule has 0 aromatic rings. The van der Waals surface area contributed by atoms with Crippen molar-refractivity contribution in [3.63, 3.8) is 0 Å². The molecule has 7 nitrogen and oxygen atoms in total. The van der Waals surface area contributed by atoms with Crippen molar-refractivity contribution in [2.75, 3.05) is 33.0 Å². The number of urea groups is 1. The second-order valence-electron chi connectivity index (χ2n) is 5.36. The number of hydrogen-bond acceptors (Lipinski definition) is 4. The van der Waals surface area contributed by atoms with Gasteiger partial charge >= 0.3 is 12.0 Å². The van der Waals surface area contributed by atoms with Crippen LogP contribution in [0.5, 0.6) is 0 Å². The molecule has 0 radical (unpaired) electrons. The van der Waals surface area contributed by atoms with Gasteiger partial charge in [0.15, 0.2) is 0 Å². The molecule has 0 spiro atoms. The third-order valence-electron chi connectivity index (χ3n) is 3.87. The van der Waals surface area contributed by atoms with Crippen molar-refractivity contribution in [3.8, 4) is 0 Å². The Bertz CT molecular complexity index is 375. The van der Waals surface area contributed by atoms with Gasteiger partial charge in [-0.05, 0) is 13.8 Å². The zero-order valence-electron chi connectivity index (χ0n) is 11.2. The lowest BCUT2D eigenvalue weighted by molar-refractivity contribution is -0.148. The van der Waals surface area contributed by atoms with E-state index in [0.717, 1.165) is 0 Å². The van der Waals surface area contributed by atoms with Gasteiger partial charge in [-0.2, -0.15) is 0 Å². The zero-order valence-corrected chi connectivity index (χ0v) is 11.2. The fourth-order valence-corrected chi connectivity index (χ4v) is 2.35. The van der Waals surface area contributed by atoms with Gasteiger partial charge in [-0.3, -0.25) is 4.79 Å². The number of ether oxygens (including phenoxy) is 2. The predicted molar refractivity (Wildman–Crippen MR) is 65.9 cm³/mol. The first-order chi connectivity index (χ1) is 8.95. The molecule has 2 fully saturated rings. The van der Waals surface area contributed by atoms with E-state index in [4.69, 9.17) is 9.47 Å². The van der Waals surface area contributed by atoms with Crippen molar-refractivity contribution in [1.82, 2.24) is 10.2 Å². The van der Waals surface area contributed by atoms with Crippen LogP contribution >= 0.6 is 0 Å². The maximum atomic E-state index is 12.2. The summed E-state index contributed by atoms with van der Waals surface area (Å²) in [4.78, 5) is 25.1. The quantitative estimate of drug-likeness (QED) is 0.733. The van der Waals surface area contributed by atoms with E-state index in [9.17, 15) is 14.7 Å². The van der Waals surface area contributed by atoms with E-state index in [1.807, 2.05) is 6.92 Å². The molecule has 0 bridgehead atoms. The number of morpholine rings is 1. The van der Waals surface area contributed by atoms with E-state index in [1.54, 1.807) is 11.8 Å². The lowest BCUT2D eigenvalue weighted by Gasteiger charge is -2.35. The number of rotatable bonds is 2. The lowest BCUT2D eigenvalue weighted by Crippen LogP contribution is -2.57. The van der Waals surface area contributed by atoms with Gasteiger partial charge in [-0.1, -0.05) is 0 Å². The summed E-state index contributed by atoms with van der Waals surface area (Å²) in [7, 11) is 0. The molecule has 2 aliphatic heterocycles. The first kappa shape index (κ1) is 14.1. The van der Waals surface area contributed by atoms with E-state index in [-0.39, 0.29) is 25.3 Å². The van der Waals surface area contributed by atoms with E-state index in [0.29, 0.717) is 19.8 Å². The lowest BCUT2D eigenvalue weighted by atomic mass is 9.85. The second kappa shape index (κ2) is 5.34. The molecule has 3 unspecified atom stereocenters. The normalized spacial score (nSPS) is 35.2. The molecule has 2 aliphatic rings. The molecule has 2 amide bonds. The average molecular weight is 272 g/mol. The van der Waals surface area contributed by atoms with Crippen LogP contribution in [0.25, 0.3) is 0 Å². The molecule has 7 heteroatoms. The Morgan fingerprint density at radius 2 is 2.11 bits per heavy atom. The first-order valence-electron chi connectivity index (χ1n) is 6.41. The van der Waals surface area contributed by atoms with Crippen LogP contribution < -0.4 is 5.32 Å². The Balaban J connectivity index is 2.00. The predicted octanol–water partition coefficient (Wildman–Crippen LogP) is -0.0936. The van der Waals surface area contributed by atoms with Crippen LogP contribution in [0, 0.1) is 5.41 Å². The zero-order chi connectivity index (χ0) is 14.0. The summed E-state index contributed by atoms with van der Waals surface area (Å²) in [5, 5.41) is 12.0. The number of aliphatic carboxylic acids is 1. The smallest absolute Gasteiger partial charge is 0.318 e. The molecule has 2 heterocycles. The van der Waals surface area contributed by atoms with E-state index in [2.05, 4.69) is 5.32 Å². The van der Waals surface area contributed by atoms with Crippen LogP contribution in [0.2, 0.25) is 0 Å². The Labute approximate surface area is 111 Å². The van der Waals surface area contributed by atoms with E-state index >= 15 is 0 Å². The molecular weight excluding hydrogens is 252 g/mol. The molecule has 0 aliphatic carbocycles. The van der Waals surface area contributed by atoms with Crippen molar-refractivity contribution in [2.24, 2.45) is 5.41 Å². The Kier molecular flexibility index (Phi) is 3.96. The van der Waals surface area contributed by atoms with Gasteiger partial charge in [-0.25, -0.2) is 4.79 Å². The molecule has 0 aromatic heterocycles. The van der Waals surface area contributed by atoms with Crippen molar-refractivity contribution < 1.29 is 24.2 Å². The Morgan fingerprint density at radius 3 is 2.74 bits per heavy atom. The van der Waals surface area contributed by atoms with E-state index in [1.165, 1.54) is 0 Å². The van der Waals surface area contributed by atoms with Crippen molar-refractivity contribution >= 4 is 12.0 Å². The van der Waals surface area contributed by atoms with Gasteiger partial charge in [0.2, 0.25) is 0 Å². The van der Waals surface area contributed by atoms with Gasteiger partial charge in [0.25, 0.3) is 0 Å². The Hall–Kier alpha value is -1.34. The van der Waals surface area contributed by atoms with Crippen molar-refractivity contribution in [2.45, 2.75) is 25.9 Å². The van der Waals surface area contributed by atoms with Crippen LogP contribution in [-0.2, 0) is 14.3 Å². The fraction of sp³-hybridized carbons (Fsp3) is 0.833. The van der Waals surface area contributed by atoms with Crippen LogP contribution in [-0.4, -0.2) is 67.1 Å². The molecular formula is C12H20N2O5. The minimum Gasteiger partial charge on any atom is -0.481 e. The average Bonchev–Trinajstić information content (AvgIpc) is 2.73. The summed E-state index contributed by atoms with van der Waals surface area (Å²) < 4.78 is 10.5. The third kappa shape index (κ3) is 2.66. The first-order valence-corrected chi connectivity index (χ1v) is 6.41. The van der Waals surface area contributed by atoms with Gasteiger partial charge in [0.1, 0.15) is 5.41 Å². The van der Waals surface area contributed by atoms with Crippen molar-refractivity contribution in [1.29, 1.82) is 0 Å². The largest absolute Gasteiger partial charge is 0.481 e. The standard InChI is InChI=1S/C12H20N2O5/c1-8-5-18-4-3-14(8)11(17)13-9-6-19-7-12(9,2)10(15)16/h8-9H,3-7H2,1-2H3,(H,13,17)(H,15,16). The summed E-state index contributed by atoms with van der Waals surface area (Å²) in [5.74, 6) is -0.953. The number of amides is 2. The van der Waals surface area contributed by atoms with Crippen molar-refractivity contribution in [3.05, 3.63) is 0 Å². The summed E-state index contributed by atoms with van der Waals surface area (Å²) in [6.45, 7) is 5.37. The van der Waals surface area contributed by atoms with Crippen LogP contribution in [0.3, 0.4) is 0 Å². The van der Waals surface area contributed by atoms with Gasteiger partial charge in [0, 0.05) is 6.54 Å². The number of carboxylic acids is 1. The molecule has 2 rings (SSSR count). The molecule has 19 heavy (non-hydrogen) atoms. The molecule has 0 saturated carbocycles. The molecule has 108 valence electrons. The minimum absolute atomic E-state index is 0.00726. The summed E-state index contributed by atoms with van der Waals surface area (Å²) in [6, 6.07) is -0.765. The third-order valence-corrected chi connectivity index (χ3v) is 3.87. The molecule has 3 atom stereocenters. The number of nitrogens with zero attached hydrogens (tertiary/aromatic N) is 1. The highest BCUT2D eigenvalue weighted by molar-refractivity contribution is 5.79. The number of nitrogens with one attached hydrogen (secondary N) is 1. The number of carbonyl (C=O) groups is 2. The highest BCUT2D eigenvalue weighted by Crippen LogP contribution is 2.29. The van der Waals surface area contributed by atoms with Gasteiger partial charge in [-0.15, -0.1) is 0 Å². The Morgan fingerprint density at radius 1 is 1.37 bits per heavy atom.